The number of nitrogens with one attached hydrogen (secondary N) is 2. The lowest BCUT2D eigenvalue weighted by molar-refractivity contribution is -0.137. The monoisotopic (exact) mass is 572 g/mol. The van der Waals surface area contributed by atoms with Crippen LogP contribution >= 0.6 is 24.0 Å². The average molecular weight is 572 g/mol. The highest BCUT2D eigenvalue weighted by Crippen LogP contribution is 2.32. The number of benzene rings is 2. The van der Waals surface area contributed by atoms with Crippen LogP contribution in [0.3, 0.4) is 0 Å². The molecule has 2 N–H and O–H groups in total. The van der Waals surface area contributed by atoms with Gasteiger partial charge in [0, 0.05) is 24.8 Å². The number of hydrogen-bond acceptors (Lipinski definition) is 3. The number of hydrogen-bond donors (Lipinski definition) is 2. The van der Waals surface area contributed by atoms with Crippen molar-refractivity contribution in [3.8, 4) is 12.3 Å². The van der Waals surface area contributed by atoms with Gasteiger partial charge in [-0.15, -0.1) is 30.4 Å². The SMILES string of the molecule is C#Cc1cccc(NC(=O)CNC(=NC)N2CCOC(c3cccc(C(F)(F)F)c3)C2)c1.I. The maximum Gasteiger partial charge on any atom is 0.416 e. The summed E-state index contributed by atoms with van der Waals surface area (Å²) in [6, 6.07) is 12.0. The van der Waals surface area contributed by atoms with Crippen LogP contribution in [0.1, 0.15) is 22.8 Å². The van der Waals surface area contributed by atoms with E-state index in [0.717, 1.165) is 12.1 Å². The molecule has 0 aromatic heterocycles. The molecule has 10 heteroatoms. The summed E-state index contributed by atoms with van der Waals surface area (Å²) in [6.45, 7) is 1.05. The van der Waals surface area contributed by atoms with Crippen LogP contribution in [-0.2, 0) is 15.7 Å². The van der Waals surface area contributed by atoms with Gasteiger partial charge in [0.1, 0.15) is 6.10 Å². The van der Waals surface area contributed by atoms with Crippen molar-refractivity contribution in [1.29, 1.82) is 0 Å². The van der Waals surface area contributed by atoms with E-state index in [-0.39, 0.29) is 36.4 Å². The molecule has 1 unspecified atom stereocenters. The van der Waals surface area contributed by atoms with Gasteiger partial charge in [0.25, 0.3) is 0 Å². The predicted octanol–water partition coefficient (Wildman–Crippen LogP) is 3.89. The number of nitrogens with zero attached hydrogens (tertiary/aromatic N) is 2. The first-order valence-electron chi connectivity index (χ1n) is 9.91. The summed E-state index contributed by atoms with van der Waals surface area (Å²) in [5.74, 6) is 2.67. The zero-order chi connectivity index (χ0) is 23.1. The molecule has 1 aliphatic heterocycles. The summed E-state index contributed by atoms with van der Waals surface area (Å²) >= 11 is 0. The number of terminal acetylenes is 1. The molecule has 0 bridgehead atoms. The van der Waals surface area contributed by atoms with E-state index in [1.165, 1.54) is 6.07 Å². The predicted molar refractivity (Wildman–Crippen MR) is 131 cm³/mol. The lowest BCUT2D eigenvalue weighted by Gasteiger charge is -2.35. The van der Waals surface area contributed by atoms with Crippen LogP contribution in [0.25, 0.3) is 0 Å². The maximum atomic E-state index is 13.0. The molecule has 2 aromatic rings. The first kappa shape index (κ1) is 26.5. The van der Waals surface area contributed by atoms with Gasteiger partial charge in [-0.25, -0.2) is 0 Å². The highest BCUT2D eigenvalue weighted by molar-refractivity contribution is 14.0. The van der Waals surface area contributed by atoms with E-state index in [1.54, 1.807) is 37.4 Å². The fourth-order valence-corrected chi connectivity index (χ4v) is 3.34. The fraction of sp³-hybridized carbons (Fsp3) is 0.304. The van der Waals surface area contributed by atoms with Gasteiger partial charge in [0.15, 0.2) is 5.96 Å². The van der Waals surface area contributed by atoms with Crippen molar-refractivity contribution in [3.63, 3.8) is 0 Å². The maximum absolute atomic E-state index is 13.0. The lowest BCUT2D eigenvalue weighted by atomic mass is 10.0. The number of carbonyl (C=O) groups is 1. The summed E-state index contributed by atoms with van der Waals surface area (Å²) in [6.07, 6.45) is 0.396. The Labute approximate surface area is 207 Å². The van der Waals surface area contributed by atoms with Crippen LogP contribution in [0, 0.1) is 12.3 Å². The van der Waals surface area contributed by atoms with Crippen molar-refractivity contribution in [2.45, 2.75) is 12.3 Å². The van der Waals surface area contributed by atoms with E-state index >= 15 is 0 Å². The minimum Gasteiger partial charge on any atom is -0.370 e. The molecular weight excluding hydrogens is 548 g/mol. The Morgan fingerprint density at radius 3 is 2.73 bits per heavy atom. The Kier molecular flexibility index (Phi) is 9.55. The van der Waals surface area contributed by atoms with Gasteiger partial charge in [-0.2, -0.15) is 13.2 Å². The van der Waals surface area contributed by atoms with Crippen molar-refractivity contribution >= 4 is 41.5 Å². The third-order valence-electron chi connectivity index (χ3n) is 4.88. The molecule has 1 aliphatic rings. The second-order valence-corrected chi connectivity index (χ2v) is 7.10. The van der Waals surface area contributed by atoms with Crippen molar-refractivity contribution in [2.24, 2.45) is 4.99 Å². The Morgan fingerprint density at radius 2 is 2.03 bits per heavy atom. The van der Waals surface area contributed by atoms with E-state index in [4.69, 9.17) is 11.2 Å². The van der Waals surface area contributed by atoms with Crippen LogP contribution in [0.5, 0.6) is 0 Å². The molecule has 0 saturated carbocycles. The summed E-state index contributed by atoms with van der Waals surface area (Å²) in [4.78, 5) is 18.3. The molecule has 1 saturated heterocycles. The standard InChI is InChI=1S/C23H23F3N4O2.HI/c1-3-16-6-4-9-19(12-16)29-21(31)14-28-22(27-2)30-10-11-32-20(15-30)17-7-5-8-18(13-17)23(24,25)26;/h1,4-9,12-13,20H,10-11,14-15H2,2H3,(H,27,28)(H,29,31);1H. The highest BCUT2D eigenvalue weighted by Gasteiger charge is 2.32. The molecule has 1 heterocycles. The third kappa shape index (κ3) is 7.36. The van der Waals surface area contributed by atoms with Crippen molar-refractivity contribution in [3.05, 3.63) is 65.2 Å². The molecule has 0 spiro atoms. The largest absolute Gasteiger partial charge is 0.416 e. The Bertz CT molecular complexity index is 1040. The number of guanidine groups is 1. The summed E-state index contributed by atoms with van der Waals surface area (Å²) in [5.41, 5.74) is 0.952. The smallest absolute Gasteiger partial charge is 0.370 e. The van der Waals surface area contributed by atoms with Gasteiger partial charge in [-0.1, -0.05) is 24.1 Å². The number of aliphatic imine (C=N–C) groups is 1. The molecule has 1 fully saturated rings. The van der Waals surface area contributed by atoms with Crippen molar-refractivity contribution in [1.82, 2.24) is 10.2 Å². The van der Waals surface area contributed by atoms with Crippen LogP contribution in [0.4, 0.5) is 18.9 Å². The summed E-state index contributed by atoms with van der Waals surface area (Å²) in [5, 5.41) is 5.74. The van der Waals surface area contributed by atoms with Gasteiger partial charge in [0.05, 0.1) is 25.3 Å². The van der Waals surface area contributed by atoms with E-state index < -0.39 is 17.8 Å². The highest BCUT2D eigenvalue weighted by atomic mass is 127. The minimum atomic E-state index is -4.42. The van der Waals surface area contributed by atoms with E-state index in [2.05, 4.69) is 21.5 Å². The average Bonchev–Trinajstić information content (AvgIpc) is 2.79. The molecule has 6 nitrogen and oxygen atoms in total. The van der Waals surface area contributed by atoms with Crippen LogP contribution in [0.2, 0.25) is 0 Å². The number of morpholine rings is 1. The molecule has 3 rings (SSSR count). The van der Waals surface area contributed by atoms with Gasteiger partial charge in [0.2, 0.25) is 5.91 Å². The van der Waals surface area contributed by atoms with Gasteiger partial charge in [-0.05, 0) is 35.9 Å². The van der Waals surface area contributed by atoms with Crippen molar-refractivity contribution < 1.29 is 22.7 Å². The van der Waals surface area contributed by atoms with E-state index in [0.29, 0.717) is 42.5 Å². The normalized spacial score (nSPS) is 16.4. The molecule has 2 aromatic carbocycles. The second kappa shape index (κ2) is 11.9. The topological polar surface area (TPSA) is 66.0 Å². The number of ether oxygens (including phenoxy) is 1. The molecular formula is C23H24F3IN4O2. The molecule has 0 radical (unpaired) electrons. The number of halogens is 4. The zero-order valence-electron chi connectivity index (χ0n) is 17.9. The third-order valence-corrected chi connectivity index (χ3v) is 4.88. The number of carbonyl (C=O) groups excluding carboxylic acids is 1. The van der Waals surface area contributed by atoms with Gasteiger partial charge < -0.3 is 20.3 Å². The molecule has 1 amide bonds. The molecule has 33 heavy (non-hydrogen) atoms. The fourth-order valence-electron chi connectivity index (χ4n) is 3.34. The molecule has 176 valence electrons. The number of rotatable bonds is 4. The quantitative estimate of drug-likeness (QED) is 0.253. The second-order valence-electron chi connectivity index (χ2n) is 7.10. The van der Waals surface area contributed by atoms with Crippen LogP contribution < -0.4 is 10.6 Å². The number of anilines is 1. The zero-order valence-corrected chi connectivity index (χ0v) is 20.2. The van der Waals surface area contributed by atoms with Gasteiger partial charge >= 0.3 is 6.18 Å². The van der Waals surface area contributed by atoms with E-state index in [9.17, 15) is 18.0 Å². The molecule has 0 aliphatic carbocycles. The van der Waals surface area contributed by atoms with E-state index in [1.807, 2.05) is 4.90 Å². The van der Waals surface area contributed by atoms with Gasteiger partial charge in [-0.3, -0.25) is 9.79 Å². The van der Waals surface area contributed by atoms with Crippen molar-refractivity contribution in [2.75, 3.05) is 38.6 Å². The first-order chi connectivity index (χ1) is 15.3. The number of amides is 1. The Balaban J connectivity index is 0.00000385. The number of alkyl halides is 3. The van der Waals surface area contributed by atoms with Crippen LogP contribution in [0.15, 0.2) is 53.5 Å². The summed E-state index contributed by atoms with van der Waals surface area (Å²) < 4.78 is 44.8. The molecule has 1 atom stereocenters. The van der Waals surface area contributed by atoms with Crippen LogP contribution in [-0.4, -0.2) is 50.1 Å². The minimum absolute atomic E-state index is 0. The first-order valence-corrected chi connectivity index (χ1v) is 9.91. The Hall–Kier alpha value is -2.78. The Morgan fingerprint density at radius 1 is 1.27 bits per heavy atom. The summed E-state index contributed by atoms with van der Waals surface area (Å²) in [7, 11) is 1.57. The lowest BCUT2D eigenvalue weighted by Crippen LogP contribution is -2.49.